The van der Waals surface area contributed by atoms with Gasteiger partial charge in [-0.15, -0.1) is 5.10 Å². The van der Waals surface area contributed by atoms with Crippen LogP contribution in [0.1, 0.15) is 40.2 Å². The molecule has 0 amide bonds. The van der Waals surface area contributed by atoms with Crippen LogP contribution in [0.2, 0.25) is 5.02 Å². The van der Waals surface area contributed by atoms with E-state index in [1.54, 1.807) is 18.2 Å². The predicted molar refractivity (Wildman–Crippen MR) is 163 cm³/mol. The standard InChI is InChI=1S/C34H31ClF2N4O/c35-27-12-17-31-32(23-27)41(34(42)26-5-2-1-3-6-26)38-33(31)40-21-19-39(20-22-40)18-4-7-30(24-8-13-28(36)14-9-24)25-10-15-29(37)16-11-25/h1-3,5-6,8-17,23,30H,4,7,18-22H2. The summed E-state index contributed by atoms with van der Waals surface area (Å²) in [5.74, 6) is 0.138. The van der Waals surface area contributed by atoms with Crippen LogP contribution in [0, 0.1) is 11.6 Å². The van der Waals surface area contributed by atoms with Gasteiger partial charge in [-0.2, -0.15) is 4.68 Å². The Kier molecular flexibility index (Phi) is 8.31. The van der Waals surface area contributed by atoms with Crippen LogP contribution in [0.15, 0.2) is 97.1 Å². The van der Waals surface area contributed by atoms with Gasteiger partial charge in [0.15, 0.2) is 5.82 Å². The fourth-order valence-electron chi connectivity index (χ4n) is 5.78. The second-order valence-corrected chi connectivity index (χ2v) is 11.1. The molecule has 0 aliphatic carbocycles. The monoisotopic (exact) mass is 584 g/mol. The van der Waals surface area contributed by atoms with Gasteiger partial charge in [-0.1, -0.05) is 54.1 Å². The van der Waals surface area contributed by atoms with Gasteiger partial charge in [0.25, 0.3) is 5.91 Å². The summed E-state index contributed by atoms with van der Waals surface area (Å²) >= 11 is 6.31. The van der Waals surface area contributed by atoms with Crippen molar-refractivity contribution in [2.45, 2.75) is 18.8 Å². The van der Waals surface area contributed by atoms with Crippen molar-refractivity contribution in [3.63, 3.8) is 0 Å². The minimum Gasteiger partial charge on any atom is -0.352 e. The van der Waals surface area contributed by atoms with Crippen LogP contribution in [-0.2, 0) is 0 Å². The minimum atomic E-state index is -0.264. The van der Waals surface area contributed by atoms with Crippen LogP contribution in [0.3, 0.4) is 0 Å². The third-order valence-electron chi connectivity index (χ3n) is 8.02. The first kappa shape index (κ1) is 28.1. The molecule has 2 heterocycles. The van der Waals surface area contributed by atoms with E-state index in [9.17, 15) is 13.6 Å². The van der Waals surface area contributed by atoms with Gasteiger partial charge in [-0.05, 0) is 85.1 Å². The van der Waals surface area contributed by atoms with Crippen molar-refractivity contribution in [1.29, 1.82) is 0 Å². The molecule has 6 rings (SSSR count). The molecule has 1 fully saturated rings. The Labute approximate surface area is 248 Å². The Morgan fingerprint density at radius 3 is 2.05 bits per heavy atom. The molecule has 0 bridgehead atoms. The zero-order chi connectivity index (χ0) is 29.1. The number of hydrogen-bond acceptors (Lipinski definition) is 4. The lowest BCUT2D eigenvalue weighted by atomic mass is 9.87. The minimum absolute atomic E-state index is 0.0665. The predicted octanol–water partition coefficient (Wildman–Crippen LogP) is 7.39. The van der Waals surface area contributed by atoms with E-state index in [-0.39, 0.29) is 23.5 Å². The van der Waals surface area contributed by atoms with Crippen molar-refractivity contribution in [3.05, 3.63) is 130 Å². The van der Waals surface area contributed by atoms with Crippen LogP contribution in [0.25, 0.3) is 10.9 Å². The van der Waals surface area contributed by atoms with E-state index < -0.39 is 0 Å². The molecular formula is C34H31ClF2N4O. The van der Waals surface area contributed by atoms with E-state index in [4.69, 9.17) is 16.7 Å². The summed E-state index contributed by atoms with van der Waals surface area (Å²) in [6.07, 6.45) is 1.82. The highest BCUT2D eigenvalue weighted by Gasteiger charge is 2.25. The molecule has 42 heavy (non-hydrogen) atoms. The molecule has 5 aromatic rings. The van der Waals surface area contributed by atoms with E-state index in [1.165, 1.54) is 28.9 Å². The van der Waals surface area contributed by atoms with Crippen molar-refractivity contribution in [2.75, 3.05) is 37.6 Å². The third kappa shape index (κ3) is 6.08. The van der Waals surface area contributed by atoms with Gasteiger partial charge in [-0.25, -0.2) is 8.78 Å². The van der Waals surface area contributed by atoms with Gasteiger partial charge in [0.1, 0.15) is 11.6 Å². The van der Waals surface area contributed by atoms with E-state index in [0.717, 1.165) is 67.9 Å². The molecule has 0 saturated carbocycles. The SMILES string of the molecule is O=C(c1ccccc1)n1nc(N2CCN(CCCC(c3ccc(F)cc3)c3ccc(F)cc3)CC2)c2ccc(Cl)cc21. The van der Waals surface area contributed by atoms with Gasteiger partial charge in [0.2, 0.25) is 0 Å². The molecule has 0 N–H and O–H groups in total. The zero-order valence-electron chi connectivity index (χ0n) is 23.1. The second-order valence-electron chi connectivity index (χ2n) is 10.7. The number of carbonyl (C=O) groups is 1. The largest absolute Gasteiger partial charge is 0.352 e. The number of fused-ring (bicyclic) bond motifs is 1. The Balaban J connectivity index is 1.12. The van der Waals surface area contributed by atoms with E-state index in [1.807, 2.05) is 54.6 Å². The molecule has 0 radical (unpaired) electrons. The average Bonchev–Trinajstić information content (AvgIpc) is 3.39. The fourth-order valence-corrected chi connectivity index (χ4v) is 5.95. The summed E-state index contributed by atoms with van der Waals surface area (Å²) in [6, 6.07) is 27.9. The quantitative estimate of drug-likeness (QED) is 0.191. The first-order chi connectivity index (χ1) is 20.5. The van der Waals surface area contributed by atoms with Crippen molar-refractivity contribution in [2.24, 2.45) is 0 Å². The summed E-state index contributed by atoms with van der Waals surface area (Å²) < 4.78 is 28.6. The number of anilines is 1. The normalized spacial score (nSPS) is 14.1. The van der Waals surface area contributed by atoms with Crippen LogP contribution in [0.5, 0.6) is 0 Å². The number of benzene rings is 4. The van der Waals surface area contributed by atoms with E-state index >= 15 is 0 Å². The van der Waals surface area contributed by atoms with Gasteiger partial charge in [0.05, 0.1) is 5.52 Å². The highest BCUT2D eigenvalue weighted by Crippen LogP contribution is 2.32. The molecule has 1 aliphatic rings. The zero-order valence-corrected chi connectivity index (χ0v) is 23.9. The maximum Gasteiger partial charge on any atom is 0.278 e. The van der Waals surface area contributed by atoms with Gasteiger partial charge >= 0.3 is 0 Å². The highest BCUT2D eigenvalue weighted by molar-refractivity contribution is 6.31. The lowest BCUT2D eigenvalue weighted by molar-refractivity contribution is 0.0950. The Hall–Kier alpha value is -4.07. The molecule has 1 aromatic heterocycles. The first-order valence-electron chi connectivity index (χ1n) is 14.2. The summed E-state index contributed by atoms with van der Waals surface area (Å²) in [7, 11) is 0. The number of hydrogen-bond donors (Lipinski definition) is 0. The topological polar surface area (TPSA) is 41.4 Å². The summed E-state index contributed by atoms with van der Waals surface area (Å²) in [5, 5.41) is 6.24. The summed E-state index contributed by atoms with van der Waals surface area (Å²) in [4.78, 5) is 18.0. The number of nitrogens with zero attached hydrogens (tertiary/aromatic N) is 4. The Morgan fingerprint density at radius 1 is 0.810 bits per heavy atom. The third-order valence-corrected chi connectivity index (χ3v) is 8.26. The summed E-state index contributed by atoms with van der Waals surface area (Å²) in [6.45, 7) is 4.23. The fraction of sp³-hybridized carbons (Fsp3) is 0.235. The van der Waals surface area contributed by atoms with E-state index in [0.29, 0.717) is 16.1 Å². The average molecular weight is 585 g/mol. The summed E-state index contributed by atoms with van der Waals surface area (Å²) in [5.41, 5.74) is 3.32. The van der Waals surface area contributed by atoms with Crippen molar-refractivity contribution < 1.29 is 13.6 Å². The first-order valence-corrected chi connectivity index (χ1v) is 14.6. The molecule has 0 spiro atoms. The Morgan fingerprint density at radius 2 is 1.43 bits per heavy atom. The number of piperazine rings is 1. The molecule has 0 atom stereocenters. The smallest absolute Gasteiger partial charge is 0.278 e. The molecule has 4 aromatic carbocycles. The van der Waals surface area contributed by atoms with Gasteiger partial charge < -0.3 is 4.90 Å². The van der Waals surface area contributed by atoms with Gasteiger partial charge in [-0.3, -0.25) is 9.69 Å². The lowest BCUT2D eigenvalue weighted by Gasteiger charge is -2.35. The number of rotatable bonds is 8. The lowest BCUT2D eigenvalue weighted by Crippen LogP contribution is -2.47. The van der Waals surface area contributed by atoms with Crippen LogP contribution in [0.4, 0.5) is 14.6 Å². The molecule has 1 aliphatic heterocycles. The Bertz CT molecular complexity index is 1620. The van der Waals surface area contributed by atoms with Crippen LogP contribution in [-0.4, -0.2) is 53.3 Å². The van der Waals surface area contributed by atoms with Crippen molar-refractivity contribution in [1.82, 2.24) is 14.7 Å². The molecule has 8 heteroatoms. The molecular weight excluding hydrogens is 554 g/mol. The maximum atomic E-state index is 13.6. The second kappa shape index (κ2) is 12.4. The van der Waals surface area contributed by atoms with Crippen LogP contribution < -0.4 is 4.90 Å². The van der Waals surface area contributed by atoms with Crippen molar-refractivity contribution in [3.8, 4) is 0 Å². The molecule has 214 valence electrons. The number of aromatic nitrogens is 2. The molecule has 5 nitrogen and oxygen atoms in total. The van der Waals surface area contributed by atoms with Crippen molar-refractivity contribution >= 4 is 34.2 Å². The number of carbonyl (C=O) groups excluding carboxylic acids is 1. The maximum absolute atomic E-state index is 13.6. The highest BCUT2D eigenvalue weighted by atomic mass is 35.5. The van der Waals surface area contributed by atoms with Crippen LogP contribution >= 0.6 is 11.6 Å². The number of halogens is 3. The molecule has 0 unspecified atom stereocenters. The van der Waals surface area contributed by atoms with Gasteiger partial charge in [0, 0.05) is 48.1 Å². The van der Waals surface area contributed by atoms with E-state index in [2.05, 4.69) is 9.80 Å². The molecule has 1 saturated heterocycles.